The summed E-state index contributed by atoms with van der Waals surface area (Å²) in [4.78, 5) is 23.9. The zero-order valence-electron chi connectivity index (χ0n) is 21.3. The van der Waals surface area contributed by atoms with E-state index >= 15 is 0 Å². The Hall–Kier alpha value is -3.74. The van der Waals surface area contributed by atoms with Gasteiger partial charge in [-0.2, -0.15) is 0 Å². The number of aromatic amines is 1. The molecular weight excluding hydrogens is 476 g/mol. The van der Waals surface area contributed by atoms with Crippen LogP contribution in [0.2, 0.25) is 0 Å². The second kappa shape index (κ2) is 11.5. The highest BCUT2D eigenvalue weighted by atomic mass is 32.1. The minimum absolute atomic E-state index is 0.00423. The molecule has 6 heteroatoms. The van der Waals surface area contributed by atoms with E-state index < -0.39 is 0 Å². The summed E-state index contributed by atoms with van der Waals surface area (Å²) in [7, 11) is 0. The van der Waals surface area contributed by atoms with Crippen molar-refractivity contribution in [2.45, 2.75) is 33.4 Å². The molecule has 1 amide bonds. The molecule has 0 aliphatic rings. The lowest BCUT2D eigenvalue weighted by molar-refractivity contribution is 0.0950. The van der Waals surface area contributed by atoms with Gasteiger partial charge in [0.05, 0.1) is 4.88 Å². The standard InChI is InChI=1S/C31H32N4OS/c1-22-5-3-7-24(17-22)20-35(21-25-8-4-6-23(2)18-25)15-14-34-31(36)29-27(11-16-37-29)19-26-9-12-32-30-28(26)10-13-33-30/h3-13,16-18H,14-15,19-21H2,1-2H3,(H,32,33)(H,34,36). The van der Waals surface area contributed by atoms with Crippen molar-refractivity contribution in [1.82, 2.24) is 20.2 Å². The third kappa shape index (κ3) is 6.34. The van der Waals surface area contributed by atoms with Crippen LogP contribution in [0.3, 0.4) is 0 Å². The summed E-state index contributed by atoms with van der Waals surface area (Å²) in [6, 6.07) is 23.4. The largest absolute Gasteiger partial charge is 0.350 e. The Morgan fingerprint density at radius 2 is 1.68 bits per heavy atom. The van der Waals surface area contributed by atoms with Crippen molar-refractivity contribution in [3.05, 3.63) is 123 Å². The molecule has 2 N–H and O–H groups in total. The van der Waals surface area contributed by atoms with Crippen molar-refractivity contribution in [3.8, 4) is 0 Å². The van der Waals surface area contributed by atoms with Gasteiger partial charge in [0.1, 0.15) is 5.65 Å². The number of H-pyrrole nitrogens is 1. The van der Waals surface area contributed by atoms with Crippen LogP contribution in [0.25, 0.3) is 11.0 Å². The molecule has 5 rings (SSSR count). The van der Waals surface area contributed by atoms with Gasteiger partial charge in [0, 0.05) is 44.0 Å². The first-order chi connectivity index (χ1) is 18.0. The number of aryl methyl sites for hydroxylation is 2. The molecule has 5 nitrogen and oxygen atoms in total. The predicted molar refractivity (Wildman–Crippen MR) is 152 cm³/mol. The van der Waals surface area contributed by atoms with E-state index in [-0.39, 0.29) is 5.91 Å². The van der Waals surface area contributed by atoms with Gasteiger partial charge in [-0.05, 0) is 66.1 Å². The van der Waals surface area contributed by atoms with Gasteiger partial charge < -0.3 is 10.3 Å². The maximum absolute atomic E-state index is 13.2. The molecule has 37 heavy (non-hydrogen) atoms. The van der Waals surface area contributed by atoms with Crippen molar-refractivity contribution in [1.29, 1.82) is 0 Å². The van der Waals surface area contributed by atoms with Gasteiger partial charge in [0.15, 0.2) is 0 Å². The number of rotatable bonds is 10. The lowest BCUT2D eigenvalue weighted by Crippen LogP contribution is -2.34. The number of nitrogens with zero attached hydrogens (tertiary/aromatic N) is 2. The summed E-state index contributed by atoms with van der Waals surface area (Å²) in [6.45, 7) is 7.28. The number of hydrogen-bond donors (Lipinski definition) is 2. The number of nitrogens with one attached hydrogen (secondary N) is 2. The molecule has 0 atom stereocenters. The van der Waals surface area contributed by atoms with Crippen LogP contribution in [-0.2, 0) is 19.5 Å². The number of carbonyl (C=O) groups excluding carboxylic acids is 1. The predicted octanol–water partition coefficient (Wildman–Crippen LogP) is 6.26. The van der Waals surface area contributed by atoms with E-state index in [0.29, 0.717) is 13.0 Å². The smallest absolute Gasteiger partial charge is 0.261 e. The normalized spacial score (nSPS) is 11.3. The fourth-order valence-corrected chi connectivity index (χ4v) is 5.65. The second-order valence-corrected chi connectivity index (χ2v) is 10.5. The van der Waals surface area contributed by atoms with Gasteiger partial charge in [-0.1, -0.05) is 59.7 Å². The van der Waals surface area contributed by atoms with E-state index in [1.807, 2.05) is 29.9 Å². The summed E-state index contributed by atoms with van der Waals surface area (Å²) in [5.41, 5.74) is 8.19. The number of benzene rings is 2. The minimum Gasteiger partial charge on any atom is -0.350 e. The summed E-state index contributed by atoms with van der Waals surface area (Å²) in [6.07, 6.45) is 4.43. The molecule has 0 fully saturated rings. The maximum atomic E-state index is 13.2. The molecule has 3 aromatic heterocycles. The van der Waals surface area contributed by atoms with Crippen molar-refractivity contribution >= 4 is 28.3 Å². The number of aromatic nitrogens is 2. The molecule has 5 aromatic rings. The summed E-state index contributed by atoms with van der Waals surface area (Å²) in [5, 5.41) is 6.28. The molecule has 0 radical (unpaired) electrons. The van der Waals surface area contributed by atoms with Crippen LogP contribution in [-0.4, -0.2) is 33.9 Å². The number of thiophene rings is 1. The summed E-state index contributed by atoms with van der Waals surface area (Å²) < 4.78 is 0. The summed E-state index contributed by atoms with van der Waals surface area (Å²) >= 11 is 1.50. The molecule has 0 aliphatic carbocycles. The SMILES string of the molecule is Cc1cccc(CN(CCNC(=O)c2sccc2Cc2ccnc3[nH]ccc23)Cc2cccc(C)c2)c1. The highest BCUT2D eigenvalue weighted by Crippen LogP contribution is 2.24. The highest BCUT2D eigenvalue weighted by molar-refractivity contribution is 7.12. The Morgan fingerprint density at radius 1 is 0.946 bits per heavy atom. The zero-order valence-corrected chi connectivity index (χ0v) is 22.1. The van der Waals surface area contributed by atoms with Gasteiger partial charge in [-0.15, -0.1) is 11.3 Å². The average molecular weight is 509 g/mol. The van der Waals surface area contributed by atoms with Gasteiger partial charge in [-0.25, -0.2) is 4.98 Å². The zero-order chi connectivity index (χ0) is 25.6. The Morgan fingerprint density at radius 3 is 2.38 bits per heavy atom. The van der Waals surface area contributed by atoms with Gasteiger partial charge in [-0.3, -0.25) is 9.69 Å². The van der Waals surface area contributed by atoms with Crippen molar-refractivity contribution in [2.75, 3.05) is 13.1 Å². The van der Waals surface area contributed by atoms with Gasteiger partial charge >= 0.3 is 0 Å². The average Bonchev–Trinajstić information content (AvgIpc) is 3.54. The van der Waals surface area contributed by atoms with Crippen molar-refractivity contribution in [3.63, 3.8) is 0 Å². The van der Waals surface area contributed by atoms with Crippen LogP contribution in [0.15, 0.2) is 84.5 Å². The van der Waals surface area contributed by atoms with Gasteiger partial charge in [0.25, 0.3) is 5.91 Å². The molecule has 0 bridgehead atoms. The first-order valence-corrected chi connectivity index (χ1v) is 13.5. The van der Waals surface area contributed by atoms with Crippen molar-refractivity contribution in [2.24, 2.45) is 0 Å². The molecule has 0 aliphatic heterocycles. The fraction of sp³-hybridized carbons (Fsp3) is 0.226. The van der Waals surface area contributed by atoms with Crippen LogP contribution < -0.4 is 5.32 Å². The maximum Gasteiger partial charge on any atom is 0.261 e. The highest BCUT2D eigenvalue weighted by Gasteiger charge is 2.16. The van der Waals surface area contributed by atoms with Crippen molar-refractivity contribution < 1.29 is 4.79 Å². The lowest BCUT2D eigenvalue weighted by Gasteiger charge is -2.23. The molecule has 2 aromatic carbocycles. The second-order valence-electron chi connectivity index (χ2n) is 9.61. The lowest BCUT2D eigenvalue weighted by atomic mass is 10.0. The number of fused-ring (bicyclic) bond motifs is 1. The molecule has 188 valence electrons. The van der Waals surface area contributed by atoms with Crippen LogP contribution in [0.1, 0.15) is 43.1 Å². The Labute approximate surface area is 222 Å². The van der Waals surface area contributed by atoms with Crippen LogP contribution >= 0.6 is 11.3 Å². The molecule has 3 heterocycles. The van der Waals surface area contributed by atoms with E-state index in [2.05, 4.69) is 88.6 Å². The molecular formula is C31H32N4OS. The van der Waals surface area contributed by atoms with E-state index in [1.54, 1.807) is 0 Å². The molecule has 0 unspecified atom stereocenters. The summed E-state index contributed by atoms with van der Waals surface area (Å²) in [5.74, 6) is -0.00423. The molecule has 0 spiro atoms. The van der Waals surface area contributed by atoms with Crippen LogP contribution in [0, 0.1) is 13.8 Å². The Kier molecular flexibility index (Phi) is 7.78. The number of carbonyl (C=O) groups is 1. The van der Waals surface area contributed by atoms with Crippen LogP contribution in [0.4, 0.5) is 0 Å². The molecule has 0 saturated heterocycles. The molecule has 0 saturated carbocycles. The number of amides is 1. The topological polar surface area (TPSA) is 61.0 Å². The third-order valence-corrected chi connectivity index (χ3v) is 7.53. The monoisotopic (exact) mass is 508 g/mol. The quantitative estimate of drug-likeness (QED) is 0.234. The Bertz CT molecular complexity index is 1450. The number of hydrogen-bond acceptors (Lipinski definition) is 4. The van der Waals surface area contributed by atoms with Gasteiger partial charge in [0.2, 0.25) is 0 Å². The Balaban J connectivity index is 1.24. The third-order valence-electron chi connectivity index (χ3n) is 6.58. The first-order valence-electron chi connectivity index (χ1n) is 12.6. The van der Waals surface area contributed by atoms with E-state index in [0.717, 1.165) is 41.1 Å². The van der Waals surface area contributed by atoms with E-state index in [9.17, 15) is 4.79 Å². The van der Waals surface area contributed by atoms with E-state index in [4.69, 9.17) is 0 Å². The van der Waals surface area contributed by atoms with Crippen LogP contribution in [0.5, 0.6) is 0 Å². The first kappa shape index (κ1) is 24.9. The van der Waals surface area contributed by atoms with E-state index in [1.165, 1.54) is 39.2 Å². The number of pyridine rings is 1. The minimum atomic E-state index is -0.00423. The fourth-order valence-electron chi connectivity index (χ4n) is 4.81.